The number of amides is 2. The summed E-state index contributed by atoms with van der Waals surface area (Å²) >= 11 is 0. The van der Waals surface area contributed by atoms with Crippen LogP contribution in [-0.2, 0) is 4.79 Å². The largest absolute Gasteiger partial charge is 0.391 e. The van der Waals surface area contributed by atoms with E-state index in [2.05, 4.69) is 15.0 Å². The number of hydrogen-bond acceptors (Lipinski definition) is 6. The number of rotatable bonds is 2. The molecule has 0 aromatic carbocycles. The van der Waals surface area contributed by atoms with E-state index in [1.54, 1.807) is 42.4 Å². The average molecular weight is 395 g/mol. The molecule has 2 aromatic heterocycles. The molecular formula is C21H25N5O3. The van der Waals surface area contributed by atoms with E-state index in [-0.39, 0.29) is 11.8 Å². The number of aryl methyl sites for hydroxylation is 1. The zero-order valence-electron chi connectivity index (χ0n) is 16.7. The Morgan fingerprint density at radius 1 is 1.28 bits per heavy atom. The van der Waals surface area contributed by atoms with E-state index in [1.165, 1.54) is 0 Å². The highest BCUT2D eigenvalue weighted by atomic mass is 16.3. The first-order chi connectivity index (χ1) is 13.9. The van der Waals surface area contributed by atoms with Crippen LogP contribution in [0.15, 0.2) is 30.7 Å². The quantitative estimate of drug-likeness (QED) is 0.823. The molecule has 152 valence electrons. The fraction of sp³-hybridized carbons (Fsp3) is 0.476. The zero-order valence-corrected chi connectivity index (χ0v) is 16.7. The van der Waals surface area contributed by atoms with Crippen molar-refractivity contribution in [1.29, 1.82) is 0 Å². The molecule has 2 fully saturated rings. The van der Waals surface area contributed by atoms with E-state index in [0.717, 1.165) is 5.56 Å². The summed E-state index contributed by atoms with van der Waals surface area (Å²) in [6.07, 6.45) is 6.04. The van der Waals surface area contributed by atoms with Crippen LogP contribution < -0.4 is 0 Å². The van der Waals surface area contributed by atoms with E-state index in [0.29, 0.717) is 56.0 Å². The Balaban J connectivity index is 1.48. The molecule has 2 aliphatic heterocycles. The third-order valence-corrected chi connectivity index (χ3v) is 6.05. The van der Waals surface area contributed by atoms with Gasteiger partial charge in [0.25, 0.3) is 5.91 Å². The van der Waals surface area contributed by atoms with Crippen LogP contribution >= 0.6 is 0 Å². The molecule has 4 rings (SSSR count). The summed E-state index contributed by atoms with van der Waals surface area (Å²) in [4.78, 5) is 42.0. The molecule has 1 N–H and O–H groups in total. The average Bonchev–Trinajstić information content (AvgIpc) is 2.72. The minimum absolute atomic E-state index is 0.0789. The molecule has 0 saturated carbocycles. The molecule has 0 bridgehead atoms. The second-order valence-corrected chi connectivity index (χ2v) is 8.05. The number of carbonyl (C=O) groups is 2. The minimum Gasteiger partial charge on any atom is -0.391 e. The zero-order chi connectivity index (χ0) is 20.6. The van der Waals surface area contributed by atoms with Crippen molar-refractivity contribution in [2.75, 3.05) is 26.7 Å². The van der Waals surface area contributed by atoms with E-state index in [9.17, 15) is 14.7 Å². The molecule has 2 aliphatic rings. The van der Waals surface area contributed by atoms with Crippen LogP contribution in [0, 0.1) is 12.3 Å². The minimum atomic E-state index is -0.557. The molecule has 8 nitrogen and oxygen atoms in total. The van der Waals surface area contributed by atoms with Crippen molar-refractivity contribution in [1.82, 2.24) is 24.8 Å². The third-order valence-electron chi connectivity index (χ3n) is 6.05. The van der Waals surface area contributed by atoms with Crippen LogP contribution in [0.3, 0.4) is 0 Å². The third kappa shape index (κ3) is 3.60. The highest BCUT2D eigenvalue weighted by molar-refractivity contribution is 5.95. The SMILES string of the molecule is Cc1nc(-c2cccnc2)ncc1C(=O)N1CCC2(CC1)CC(O)CN(C)C2=O. The molecule has 0 radical (unpaired) electrons. The fourth-order valence-corrected chi connectivity index (χ4v) is 4.44. The molecular weight excluding hydrogens is 370 g/mol. The summed E-state index contributed by atoms with van der Waals surface area (Å²) in [6, 6.07) is 3.69. The first-order valence-electron chi connectivity index (χ1n) is 9.86. The van der Waals surface area contributed by atoms with E-state index in [4.69, 9.17) is 0 Å². The van der Waals surface area contributed by atoms with Gasteiger partial charge in [-0.25, -0.2) is 9.97 Å². The number of pyridine rings is 1. The van der Waals surface area contributed by atoms with Gasteiger partial charge in [0.1, 0.15) is 0 Å². The Morgan fingerprint density at radius 2 is 2.03 bits per heavy atom. The molecule has 29 heavy (non-hydrogen) atoms. The number of aliphatic hydroxyl groups is 1. The Bertz CT molecular complexity index is 925. The number of hydrogen-bond donors (Lipinski definition) is 1. The molecule has 2 amide bonds. The molecule has 2 saturated heterocycles. The number of aliphatic hydroxyl groups excluding tert-OH is 1. The van der Waals surface area contributed by atoms with Crippen LogP contribution in [0.1, 0.15) is 35.3 Å². The lowest BCUT2D eigenvalue weighted by atomic mass is 9.71. The molecule has 1 spiro atoms. The van der Waals surface area contributed by atoms with Gasteiger partial charge in [0, 0.05) is 50.8 Å². The predicted octanol–water partition coefficient (Wildman–Crippen LogP) is 1.29. The van der Waals surface area contributed by atoms with E-state index < -0.39 is 11.5 Å². The number of nitrogens with zero attached hydrogens (tertiary/aromatic N) is 5. The van der Waals surface area contributed by atoms with Crippen LogP contribution in [0.4, 0.5) is 0 Å². The van der Waals surface area contributed by atoms with Crippen molar-refractivity contribution in [3.8, 4) is 11.4 Å². The standard InChI is InChI=1S/C21H25N5O3/c1-14-17(12-23-18(24-14)15-4-3-7-22-11-15)19(28)26-8-5-21(6-9-26)10-16(27)13-25(2)20(21)29/h3-4,7,11-12,16,27H,5-6,8-10,13H2,1-2H3. The summed E-state index contributed by atoms with van der Waals surface area (Å²) in [5.41, 5.74) is 1.33. The van der Waals surface area contributed by atoms with Crippen molar-refractivity contribution in [2.45, 2.75) is 32.3 Å². The molecule has 0 aliphatic carbocycles. The smallest absolute Gasteiger partial charge is 0.257 e. The van der Waals surface area contributed by atoms with Gasteiger partial charge in [0.2, 0.25) is 5.91 Å². The molecule has 1 atom stereocenters. The van der Waals surface area contributed by atoms with Gasteiger partial charge in [-0.05, 0) is 38.3 Å². The van der Waals surface area contributed by atoms with Crippen molar-refractivity contribution < 1.29 is 14.7 Å². The first-order valence-corrected chi connectivity index (χ1v) is 9.86. The Hall–Kier alpha value is -2.87. The van der Waals surface area contributed by atoms with Crippen LogP contribution in [-0.4, -0.2) is 74.5 Å². The van der Waals surface area contributed by atoms with E-state index in [1.807, 2.05) is 12.1 Å². The lowest BCUT2D eigenvalue weighted by Gasteiger charge is -2.47. The number of aromatic nitrogens is 3. The maximum Gasteiger partial charge on any atom is 0.257 e. The lowest BCUT2D eigenvalue weighted by Crippen LogP contribution is -2.56. The highest BCUT2D eigenvalue weighted by Gasteiger charge is 2.48. The Kier molecular flexibility index (Phi) is 5.04. The van der Waals surface area contributed by atoms with Gasteiger partial charge in [-0.15, -0.1) is 0 Å². The second kappa shape index (κ2) is 7.51. The lowest BCUT2D eigenvalue weighted by molar-refractivity contribution is -0.154. The van der Waals surface area contributed by atoms with Gasteiger partial charge < -0.3 is 14.9 Å². The van der Waals surface area contributed by atoms with E-state index >= 15 is 0 Å². The first kappa shape index (κ1) is 19.4. The number of piperidine rings is 2. The number of likely N-dealkylation sites (N-methyl/N-ethyl adjacent to an activating group) is 1. The van der Waals surface area contributed by atoms with Crippen molar-refractivity contribution in [3.63, 3.8) is 0 Å². The van der Waals surface area contributed by atoms with Gasteiger partial charge >= 0.3 is 0 Å². The topological polar surface area (TPSA) is 99.5 Å². The van der Waals surface area contributed by atoms with Crippen LogP contribution in [0.5, 0.6) is 0 Å². The van der Waals surface area contributed by atoms with Crippen molar-refractivity contribution in [2.24, 2.45) is 5.41 Å². The molecule has 4 heterocycles. The van der Waals surface area contributed by atoms with Gasteiger partial charge in [0.15, 0.2) is 5.82 Å². The fourth-order valence-electron chi connectivity index (χ4n) is 4.44. The number of likely N-dealkylation sites (tertiary alicyclic amines) is 2. The monoisotopic (exact) mass is 395 g/mol. The maximum atomic E-state index is 13.0. The summed E-state index contributed by atoms with van der Waals surface area (Å²) in [5.74, 6) is 0.497. The Labute approximate surface area is 169 Å². The van der Waals surface area contributed by atoms with Gasteiger partial charge in [-0.3, -0.25) is 14.6 Å². The maximum absolute atomic E-state index is 13.0. The summed E-state index contributed by atoms with van der Waals surface area (Å²) in [5, 5.41) is 10.1. The normalized spacial score (nSPS) is 21.5. The Morgan fingerprint density at radius 3 is 2.69 bits per heavy atom. The number of carbonyl (C=O) groups excluding carboxylic acids is 2. The second-order valence-electron chi connectivity index (χ2n) is 8.05. The van der Waals surface area contributed by atoms with Crippen molar-refractivity contribution >= 4 is 11.8 Å². The molecule has 2 aromatic rings. The predicted molar refractivity (Wildman–Crippen MR) is 106 cm³/mol. The molecule has 1 unspecified atom stereocenters. The summed E-state index contributed by atoms with van der Waals surface area (Å²) in [7, 11) is 1.73. The van der Waals surface area contributed by atoms with Crippen molar-refractivity contribution in [3.05, 3.63) is 42.0 Å². The summed E-state index contributed by atoms with van der Waals surface area (Å²) < 4.78 is 0. The number of β-amino-alcohol motifs (C(OH)–C–C–N with tert-alkyl or cyclic N) is 1. The molecule has 8 heteroatoms. The van der Waals surface area contributed by atoms with Gasteiger partial charge in [0.05, 0.1) is 22.8 Å². The van der Waals surface area contributed by atoms with Gasteiger partial charge in [-0.2, -0.15) is 0 Å². The van der Waals surface area contributed by atoms with Crippen LogP contribution in [0.2, 0.25) is 0 Å². The van der Waals surface area contributed by atoms with Crippen LogP contribution in [0.25, 0.3) is 11.4 Å². The highest BCUT2D eigenvalue weighted by Crippen LogP contribution is 2.41. The summed E-state index contributed by atoms with van der Waals surface area (Å²) in [6.45, 7) is 3.14. The van der Waals surface area contributed by atoms with Gasteiger partial charge in [-0.1, -0.05) is 0 Å².